The molecule has 0 unspecified atom stereocenters. The monoisotopic (exact) mass is 372 g/mol. The second kappa shape index (κ2) is 8.74. The fourth-order valence-electron chi connectivity index (χ4n) is 2.92. The number of fused-ring (bicyclic) bond motifs is 1. The number of methoxy groups -OCH3 is 2. The van der Waals surface area contributed by atoms with Gasteiger partial charge in [0.2, 0.25) is 0 Å². The normalized spacial score (nSPS) is 11.0. The number of carbonyl (C=O) groups is 1. The van der Waals surface area contributed by atoms with E-state index in [1.54, 1.807) is 20.3 Å². The highest BCUT2D eigenvalue weighted by Gasteiger charge is 2.11. The van der Waals surface area contributed by atoms with Gasteiger partial charge in [-0.2, -0.15) is 5.26 Å². The van der Waals surface area contributed by atoms with Gasteiger partial charge in [-0.05, 0) is 40.8 Å². The Bertz CT molecular complexity index is 1060. The molecule has 3 rings (SSSR count). The Morgan fingerprint density at radius 3 is 2.36 bits per heavy atom. The van der Waals surface area contributed by atoms with Gasteiger partial charge in [-0.3, -0.25) is 4.79 Å². The van der Waals surface area contributed by atoms with Crippen molar-refractivity contribution >= 4 is 22.8 Å². The maximum Gasteiger partial charge on any atom is 0.262 e. The van der Waals surface area contributed by atoms with E-state index in [-0.39, 0.29) is 5.57 Å². The number of amides is 1. The molecule has 0 atom stereocenters. The lowest BCUT2D eigenvalue weighted by molar-refractivity contribution is -0.117. The molecule has 28 heavy (non-hydrogen) atoms. The molecular weight excluding hydrogens is 352 g/mol. The second-order valence-corrected chi connectivity index (χ2v) is 6.10. The van der Waals surface area contributed by atoms with Crippen LogP contribution in [0.1, 0.15) is 11.1 Å². The fourth-order valence-corrected chi connectivity index (χ4v) is 2.92. The minimum atomic E-state index is -0.418. The second-order valence-electron chi connectivity index (χ2n) is 6.10. The van der Waals surface area contributed by atoms with E-state index in [2.05, 4.69) is 5.32 Å². The van der Waals surface area contributed by atoms with Gasteiger partial charge in [0, 0.05) is 11.9 Å². The summed E-state index contributed by atoms with van der Waals surface area (Å²) < 4.78 is 10.5. The first-order chi connectivity index (χ1) is 13.7. The topological polar surface area (TPSA) is 71.3 Å². The van der Waals surface area contributed by atoms with E-state index >= 15 is 0 Å². The van der Waals surface area contributed by atoms with Crippen molar-refractivity contribution in [1.29, 1.82) is 5.26 Å². The maximum atomic E-state index is 12.5. The molecule has 0 aliphatic carbocycles. The van der Waals surface area contributed by atoms with Crippen LogP contribution in [-0.2, 0) is 11.3 Å². The number of nitriles is 1. The first-order valence-electron chi connectivity index (χ1n) is 8.75. The van der Waals surface area contributed by atoms with Crippen molar-refractivity contribution in [3.05, 3.63) is 77.4 Å². The number of hydrogen-bond acceptors (Lipinski definition) is 4. The smallest absolute Gasteiger partial charge is 0.262 e. The van der Waals surface area contributed by atoms with E-state index in [1.165, 1.54) is 0 Å². The van der Waals surface area contributed by atoms with Gasteiger partial charge in [0.25, 0.3) is 5.91 Å². The summed E-state index contributed by atoms with van der Waals surface area (Å²) in [7, 11) is 3.22. The van der Waals surface area contributed by atoms with Crippen LogP contribution in [-0.4, -0.2) is 20.1 Å². The SMILES string of the molecule is COc1ccc(CNC(=O)/C(C#N)=C\c2ccc(OC)c3ccccc23)cc1. The molecule has 140 valence electrons. The summed E-state index contributed by atoms with van der Waals surface area (Å²) in [5.74, 6) is 1.08. The molecule has 0 aliphatic heterocycles. The average Bonchev–Trinajstić information content (AvgIpc) is 2.76. The van der Waals surface area contributed by atoms with Crippen LogP contribution in [0.2, 0.25) is 0 Å². The molecule has 1 N–H and O–H groups in total. The number of nitrogens with zero attached hydrogens (tertiary/aromatic N) is 1. The largest absolute Gasteiger partial charge is 0.497 e. The van der Waals surface area contributed by atoms with Gasteiger partial charge < -0.3 is 14.8 Å². The third-order valence-corrected chi connectivity index (χ3v) is 4.41. The molecule has 0 bridgehead atoms. The molecule has 0 saturated heterocycles. The molecule has 0 fully saturated rings. The number of ether oxygens (including phenoxy) is 2. The van der Waals surface area contributed by atoms with E-state index in [4.69, 9.17) is 9.47 Å². The number of nitrogens with one attached hydrogen (secondary N) is 1. The highest BCUT2D eigenvalue weighted by atomic mass is 16.5. The predicted molar refractivity (Wildman–Crippen MR) is 109 cm³/mol. The molecular formula is C23H20N2O3. The number of hydrogen-bond donors (Lipinski definition) is 1. The van der Waals surface area contributed by atoms with Crippen LogP contribution in [0.4, 0.5) is 0 Å². The van der Waals surface area contributed by atoms with Gasteiger partial charge in [-0.25, -0.2) is 0 Å². The van der Waals surface area contributed by atoms with Gasteiger partial charge in [0.1, 0.15) is 23.1 Å². The van der Waals surface area contributed by atoms with E-state index in [0.29, 0.717) is 6.54 Å². The first kappa shape index (κ1) is 19.0. The summed E-state index contributed by atoms with van der Waals surface area (Å²) >= 11 is 0. The Kier molecular flexibility index (Phi) is 5.93. The summed E-state index contributed by atoms with van der Waals surface area (Å²) in [6, 6.07) is 20.8. The van der Waals surface area contributed by atoms with E-state index < -0.39 is 5.91 Å². The van der Waals surface area contributed by atoms with Gasteiger partial charge in [0.15, 0.2) is 0 Å². The van der Waals surface area contributed by atoms with Crippen LogP contribution in [0.5, 0.6) is 11.5 Å². The number of rotatable bonds is 6. The van der Waals surface area contributed by atoms with Crippen molar-refractivity contribution in [3.63, 3.8) is 0 Å². The molecule has 0 spiro atoms. The first-order valence-corrected chi connectivity index (χ1v) is 8.75. The number of carbonyl (C=O) groups excluding carboxylic acids is 1. The van der Waals surface area contributed by atoms with Crippen molar-refractivity contribution in [1.82, 2.24) is 5.32 Å². The summed E-state index contributed by atoms with van der Waals surface area (Å²) in [6.45, 7) is 0.325. The lowest BCUT2D eigenvalue weighted by atomic mass is 10.0. The minimum absolute atomic E-state index is 0.0452. The zero-order valence-electron chi connectivity index (χ0n) is 15.7. The van der Waals surface area contributed by atoms with Crippen molar-refractivity contribution in [3.8, 4) is 17.6 Å². The quantitative estimate of drug-likeness (QED) is 0.523. The van der Waals surface area contributed by atoms with Crippen LogP contribution < -0.4 is 14.8 Å². The molecule has 0 aliphatic rings. The molecule has 0 heterocycles. The highest BCUT2D eigenvalue weighted by Crippen LogP contribution is 2.29. The average molecular weight is 372 g/mol. The number of benzene rings is 3. The molecule has 3 aromatic carbocycles. The molecule has 3 aromatic rings. The maximum absolute atomic E-state index is 12.5. The Balaban J connectivity index is 1.82. The van der Waals surface area contributed by atoms with E-state index in [1.807, 2.05) is 66.7 Å². The predicted octanol–water partition coefficient (Wildman–Crippen LogP) is 4.08. The lowest BCUT2D eigenvalue weighted by Crippen LogP contribution is -2.23. The standard InChI is InChI=1S/C23H20N2O3/c1-27-19-10-7-16(8-11-19)15-25-23(26)18(14-24)13-17-9-12-22(28-2)21-6-4-3-5-20(17)21/h3-13H,15H2,1-2H3,(H,25,26)/b18-13-. The summed E-state index contributed by atoms with van der Waals surface area (Å²) in [5.41, 5.74) is 1.75. The molecule has 0 saturated carbocycles. The Morgan fingerprint density at radius 1 is 1.00 bits per heavy atom. The zero-order valence-corrected chi connectivity index (χ0v) is 15.7. The molecule has 1 amide bonds. The summed E-state index contributed by atoms with van der Waals surface area (Å²) in [5, 5.41) is 14.1. The minimum Gasteiger partial charge on any atom is -0.497 e. The molecule has 5 heteroatoms. The summed E-state index contributed by atoms with van der Waals surface area (Å²) in [6.07, 6.45) is 1.60. The van der Waals surface area contributed by atoms with Crippen LogP contribution in [0.25, 0.3) is 16.8 Å². The molecule has 5 nitrogen and oxygen atoms in total. The van der Waals surface area contributed by atoms with E-state index in [0.717, 1.165) is 33.4 Å². The third kappa shape index (κ3) is 4.13. The third-order valence-electron chi connectivity index (χ3n) is 4.41. The van der Waals surface area contributed by atoms with Crippen molar-refractivity contribution in [2.75, 3.05) is 14.2 Å². The highest BCUT2D eigenvalue weighted by molar-refractivity contribution is 6.04. The van der Waals surface area contributed by atoms with Crippen LogP contribution in [0, 0.1) is 11.3 Å². The van der Waals surface area contributed by atoms with Gasteiger partial charge in [0.05, 0.1) is 14.2 Å². The molecule has 0 radical (unpaired) electrons. The Hall–Kier alpha value is -3.78. The van der Waals surface area contributed by atoms with E-state index in [9.17, 15) is 10.1 Å². The van der Waals surface area contributed by atoms with Crippen molar-refractivity contribution in [2.24, 2.45) is 0 Å². The zero-order chi connectivity index (χ0) is 19.9. The Labute approximate surface area is 163 Å². The van der Waals surface area contributed by atoms with Crippen molar-refractivity contribution in [2.45, 2.75) is 6.54 Å². The molecule has 0 aromatic heterocycles. The van der Waals surface area contributed by atoms with Crippen LogP contribution in [0.15, 0.2) is 66.2 Å². The van der Waals surface area contributed by atoms with Crippen LogP contribution in [0.3, 0.4) is 0 Å². The fraction of sp³-hybridized carbons (Fsp3) is 0.130. The van der Waals surface area contributed by atoms with Gasteiger partial charge >= 0.3 is 0 Å². The summed E-state index contributed by atoms with van der Waals surface area (Å²) in [4.78, 5) is 12.5. The lowest BCUT2D eigenvalue weighted by Gasteiger charge is -2.09. The van der Waals surface area contributed by atoms with Gasteiger partial charge in [-0.1, -0.05) is 42.5 Å². The Morgan fingerprint density at radius 2 is 1.71 bits per heavy atom. The van der Waals surface area contributed by atoms with Gasteiger partial charge in [-0.15, -0.1) is 0 Å². The van der Waals surface area contributed by atoms with Crippen LogP contribution >= 0.6 is 0 Å². The van der Waals surface area contributed by atoms with Crippen molar-refractivity contribution < 1.29 is 14.3 Å².